The molecule has 0 aromatic heterocycles. The smallest absolute Gasteiger partial charge is 0.256 e. The van der Waals surface area contributed by atoms with E-state index in [0.717, 1.165) is 49.8 Å². The van der Waals surface area contributed by atoms with Gasteiger partial charge in [0.25, 0.3) is 5.91 Å². The maximum atomic E-state index is 12.7. The minimum Gasteiger partial charge on any atom is -0.494 e. The van der Waals surface area contributed by atoms with Crippen LogP contribution in [0.3, 0.4) is 0 Å². The number of ether oxygens (including phenoxy) is 2. The summed E-state index contributed by atoms with van der Waals surface area (Å²) >= 11 is 0. The minimum absolute atomic E-state index is 0.0543. The van der Waals surface area contributed by atoms with E-state index in [1.165, 1.54) is 25.9 Å². The first kappa shape index (κ1) is 21.1. The van der Waals surface area contributed by atoms with Gasteiger partial charge in [0.1, 0.15) is 11.4 Å². The molecule has 5 heteroatoms. The molecule has 1 heterocycles. The van der Waals surface area contributed by atoms with Crippen molar-refractivity contribution in [3.8, 4) is 5.75 Å². The summed E-state index contributed by atoms with van der Waals surface area (Å²) in [5, 5.41) is 3.00. The quantitative estimate of drug-likeness (QED) is 0.606. The number of hydrogen-bond donors (Lipinski definition) is 1. The molecule has 0 bridgehead atoms. The van der Waals surface area contributed by atoms with E-state index in [9.17, 15) is 4.79 Å². The molecule has 0 radical (unpaired) electrons. The van der Waals surface area contributed by atoms with E-state index >= 15 is 0 Å². The third-order valence-electron chi connectivity index (χ3n) is 6.13. The van der Waals surface area contributed by atoms with Gasteiger partial charge in [-0.25, -0.2) is 0 Å². The van der Waals surface area contributed by atoms with Crippen LogP contribution in [-0.4, -0.2) is 49.3 Å². The van der Waals surface area contributed by atoms with Crippen LogP contribution in [-0.2, 0) is 9.53 Å². The topological polar surface area (TPSA) is 50.8 Å². The van der Waals surface area contributed by atoms with Gasteiger partial charge in [-0.15, -0.1) is 0 Å². The van der Waals surface area contributed by atoms with Gasteiger partial charge < -0.3 is 19.7 Å². The van der Waals surface area contributed by atoms with Crippen LogP contribution in [0.1, 0.15) is 52.9 Å². The van der Waals surface area contributed by atoms with Gasteiger partial charge in [0.15, 0.2) is 0 Å². The second-order valence-corrected chi connectivity index (χ2v) is 8.52. The molecular formula is C23H36N2O3. The Kier molecular flexibility index (Phi) is 7.36. The van der Waals surface area contributed by atoms with Crippen molar-refractivity contribution in [3.05, 3.63) is 24.3 Å². The van der Waals surface area contributed by atoms with Crippen LogP contribution >= 0.6 is 0 Å². The van der Waals surface area contributed by atoms with E-state index in [0.29, 0.717) is 12.5 Å². The van der Waals surface area contributed by atoms with E-state index in [2.05, 4.69) is 17.1 Å². The number of anilines is 1. The highest BCUT2D eigenvalue weighted by atomic mass is 16.5. The molecule has 2 fully saturated rings. The lowest BCUT2D eigenvalue weighted by Crippen LogP contribution is -2.44. The average molecular weight is 389 g/mol. The van der Waals surface area contributed by atoms with E-state index in [-0.39, 0.29) is 5.91 Å². The molecule has 28 heavy (non-hydrogen) atoms. The lowest BCUT2D eigenvalue weighted by atomic mass is 9.99. The van der Waals surface area contributed by atoms with Crippen LogP contribution in [0.2, 0.25) is 0 Å². The zero-order valence-electron chi connectivity index (χ0n) is 17.7. The summed E-state index contributed by atoms with van der Waals surface area (Å²) in [5.74, 6) is 2.00. The highest BCUT2D eigenvalue weighted by Gasteiger charge is 2.48. The van der Waals surface area contributed by atoms with Crippen molar-refractivity contribution in [2.75, 3.05) is 38.2 Å². The monoisotopic (exact) mass is 388 g/mol. The molecule has 0 unspecified atom stereocenters. The zero-order valence-corrected chi connectivity index (χ0v) is 17.7. The number of hydrogen-bond acceptors (Lipinski definition) is 4. The van der Waals surface area contributed by atoms with Crippen LogP contribution in [0, 0.1) is 11.8 Å². The molecule has 1 amide bonds. The van der Waals surface area contributed by atoms with Crippen LogP contribution in [0.5, 0.6) is 5.75 Å². The summed E-state index contributed by atoms with van der Waals surface area (Å²) in [6, 6.07) is 7.65. The van der Waals surface area contributed by atoms with Crippen LogP contribution in [0.15, 0.2) is 24.3 Å². The Morgan fingerprint density at radius 1 is 1.18 bits per heavy atom. The lowest BCUT2D eigenvalue weighted by Gasteiger charge is -2.30. The van der Waals surface area contributed by atoms with Gasteiger partial charge in [0.05, 0.1) is 6.61 Å². The second-order valence-electron chi connectivity index (χ2n) is 8.52. The maximum Gasteiger partial charge on any atom is 0.256 e. The zero-order chi connectivity index (χ0) is 20.0. The van der Waals surface area contributed by atoms with Gasteiger partial charge in [-0.1, -0.05) is 6.92 Å². The number of rotatable bonds is 10. The van der Waals surface area contributed by atoms with E-state index in [1.807, 2.05) is 38.1 Å². The van der Waals surface area contributed by atoms with E-state index in [4.69, 9.17) is 9.47 Å². The predicted octanol–water partition coefficient (Wildman–Crippen LogP) is 4.33. The molecule has 1 aliphatic heterocycles. The first-order valence-electron chi connectivity index (χ1n) is 10.9. The molecule has 1 N–H and O–H groups in total. The van der Waals surface area contributed by atoms with E-state index < -0.39 is 5.60 Å². The van der Waals surface area contributed by atoms with Crippen molar-refractivity contribution in [2.24, 2.45) is 11.8 Å². The summed E-state index contributed by atoms with van der Waals surface area (Å²) in [5.41, 5.74) is 0.0576. The number of nitrogens with one attached hydrogen (secondary N) is 1. The summed E-state index contributed by atoms with van der Waals surface area (Å²) in [6.07, 6.45) is 5.80. The van der Waals surface area contributed by atoms with Crippen molar-refractivity contribution in [1.29, 1.82) is 0 Å². The number of carbonyl (C=O) groups excluding carboxylic acids is 1. The Morgan fingerprint density at radius 3 is 2.46 bits per heavy atom. The molecular weight excluding hydrogens is 352 g/mol. The lowest BCUT2D eigenvalue weighted by molar-refractivity contribution is -0.141. The molecule has 1 saturated carbocycles. The molecule has 1 saturated heterocycles. The number of amides is 1. The van der Waals surface area contributed by atoms with Gasteiger partial charge in [0.2, 0.25) is 0 Å². The Bertz CT molecular complexity index is 621. The fourth-order valence-corrected chi connectivity index (χ4v) is 3.96. The standard InChI is InChI=1S/C23H36N2O3/c1-4-28-23(3,19-6-7-19)22(26)24-20-8-10-21(11-9-20)27-17-5-14-25-15-12-18(2)13-16-25/h8-11,18-19H,4-7,12-17H2,1-3H3,(H,24,26)/t23-/m1/s1. The van der Waals surface area contributed by atoms with Crippen molar-refractivity contribution in [3.63, 3.8) is 0 Å². The summed E-state index contributed by atoms with van der Waals surface area (Å²) in [4.78, 5) is 15.2. The molecule has 156 valence electrons. The van der Waals surface area contributed by atoms with Crippen molar-refractivity contribution in [2.45, 2.75) is 58.5 Å². The normalized spacial score (nSPS) is 20.5. The maximum absolute atomic E-state index is 12.7. The third-order valence-corrected chi connectivity index (χ3v) is 6.13. The fraction of sp³-hybridized carbons (Fsp3) is 0.696. The summed E-state index contributed by atoms with van der Waals surface area (Å²) < 4.78 is 11.7. The Morgan fingerprint density at radius 2 is 1.86 bits per heavy atom. The Hall–Kier alpha value is -1.59. The Balaban J connectivity index is 1.40. The molecule has 1 aromatic carbocycles. The first-order chi connectivity index (χ1) is 13.5. The molecule has 2 aliphatic rings. The van der Waals surface area contributed by atoms with Crippen molar-refractivity contribution >= 4 is 11.6 Å². The largest absolute Gasteiger partial charge is 0.494 e. The molecule has 5 nitrogen and oxygen atoms in total. The molecule has 1 aliphatic carbocycles. The summed E-state index contributed by atoms with van der Waals surface area (Å²) in [6.45, 7) is 11.0. The van der Waals surface area contributed by atoms with E-state index in [1.54, 1.807) is 0 Å². The molecule has 1 atom stereocenters. The average Bonchev–Trinajstić information content (AvgIpc) is 3.54. The minimum atomic E-state index is -0.726. The highest BCUT2D eigenvalue weighted by Crippen LogP contribution is 2.42. The predicted molar refractivity (Wildman–Crippen MR) is 113 cm³/mol. The van der Waals surface area contributed by atoms with Crippen LogP contribution in [0.4, 0.5) is 5.69 Å². The van der Waals surface area contributed by atoms with Gasteiger partial charge in [-0.2, -0.15) is 0 Å². The second kappa shape index (κ2) is 9.75. The first-order valence-corrected chi connectivity index (χ1v) is 10.9. The molecule has 0 spiro atoms. The van der Waals surface area contributed by atoms with Gasteiger partial charge in [-0.3, -0.25) is 4.79 Å². The fourth-order valence-electron chi connectivity index (χ4n) is 3.96. The highest BCUT2D eigenvalue weighted by molar-refractivity contribution is 5.97. The number of piperidine rings is 1. The molecule has 3 rings (SSSR count). The number of benzene rings is 1. The van der Waals surface area contributed by atoms with Crippen LogP contribution < -0.4 is 10.1 Å². The third kappa shape index (κ3) is 5.71. The van der Waals surface area contributed by atoms with Crippen molar-refractivity contribution in [1.82, 2.24) is 4.90 Å². The van der Waals surface area contributed by atoms with Gasteiger partial charge in [0, 0.05) is 18.8 Å². The molecule has 1 aromatic rings. The Labute approximate surface area is 169 Å². The number of carbonyl (C=O) groups is 1. The SMILES string of the molecule is CCO[C@@](C)(C(=O)Nc1ccc(OCCCN2CCC(C)CC2)cc1)C1CC1. The van der Waals surface area contributed by atoms with Crippen LogP contribution in [0.25, 0.3) is 0 Å². The van der Waals surface area contributed by atoms with Gasteiger partial charge >= 0.3 is 0 Å². The number of nitrogens with zero attached hydrogens (tertiary/aromatic N) is 1. The van der Waals surface area contributed by atoms with Gasteiger partial charge in [-0.05, 0) is 95.1 Å². The van der Waals surface area contributed by atoms with Crippen molar-refractivity contribution < 1.29 is 14.3 Å². The summed E-state index contributed by atoms with van der Waals surface area (Å²) in [7, 11) is 0. The number of likely N-dealkylation sites (tertiary alicyclic amines) is 1.